The number of rotatable bonds is 2. The number of nitrogens with one attached hydrogen (secondary N) is 1. The number of halogens is 3. The molecule has 0 bridgehead atoms. The van der Waals surface area contributed by atoms with Crippen molar-refractivity contribution in [1.29, 1.82) is 0 Å². The van der Waals surface area contributed by atoms with E-state index in [0.717, 1.165) is 17.2 Å². The molecule has 0 fully saturated rings. The fourth-order valence-corrected chi connectivity index (χ4v) is 2.69. The Balaban J connectivity index is 1.93. The van der Waals surface area contributed by atoms with E-state index in [1.807, 2.05) is 42.4 Å². The van der Waals surface area contributed by atoms with Crippen LogP contribution in [-0.4, -0.2) is 20.2 Å². The highest BCUT2D eigenvalue weighted by molar-refractivity contribution is 5.92. The van der Waals surface area contributed by atoms with Crippen molar-refractivity contribution in [1.82, 2.24) is 20.2 Å². The Morgan fingerprint density at radius 1 is 0.923 bits per heavy atom. The van der Waals surface area contributed by atoms with Crippen LogP contribution in [0.4, 0.5) is 13.2 Å². The molecular weight excluding hydrogens is 341 g/mol. The number of para-hydroxylation sites is 1. The summed E-state index contributed by atoms with van der Waals surface area (Å²) in [5.41, 5.74) is 2.10. The van der Waals surface area contributed by atoms with Gasteiger partial charge < -0.3 is 0 Å². The maximum Gasteiger partial charge on any atom is 0.432 e. The summed E-state index contributed by atoms with van der Waals surface area (Å²) in [6.45, 7) is 1.97. The van der Waals surface area contributed by atoms with Crippen molar-refractivity contribution in [2.24, 2.45) is 0 Å². The van der Waals surface area contributed by atoms with E-state index < -0.39 is 11.9 Å². The van der Waals surface area contributed by atoms with Crippen LogP contribution in [0, 0.1) is 6.92 Å². The summed E-state index contributed by atoms with van der Waals surface area (Å²) < 4.78 is 38.7. The molecule has 2 aromatic carbocycles. The first kappa shape index (κ1) is 16.3. The molecule has 0 amide bonds. The number of benzene rings is 2. The maximum absolute atomic E-state index is 12.9. The van der Waals surface area contributed by atoms with E-state index in [-0.39, 0.29) is 5.69 Å². The molecule has 4 rings (SSSR count). The van der Waals surface area contributed by atoms with Gasteiger partial charge in [0.25, 0.3) is 0 Å². The van der Waals surface area contributed by atoms with Crippen molar-refractivity contribution in [3.8, 4) is 22.8 Å². The van der Waals surface area contributed by atoms with Crippen LogP contribution in [0.2, 0.25) is 0 Å². The minimum atomic E-state index is -4.49. The van der Waals surface area contributed by atoms with Crippen molar-refractivity contribution in [3.05, 3.63) is 65.9 Å². The van der Waals surface area contributed by atoms with Gasteiger partial charge in [-0.05, 0) is 19.1 Å². The lowest BCUT2D eigenvalue weighted by Gasteiger charge is -2.07. The summed E-state index contributed by atoms with van der Waals surface area (Å²) in [4.78, 5) is 9.05. The minimum absolute atomic E-state index is 0.129. The summed E-state index contributed by atoms with van der Waals surface area (Å²) in [7, 11) is 0. The van der Waals surface area contributed by atoms with Crippen molar-refractivity contribution in [2.75, 3.05) is 0 Å². The molecule has 0 aliphatic heterocycles. The summed E-state index contributed by atoms with van der Waals surface area (Å²) in [5, 5.41) is 6.50. The number of aromatic amines is 1. The van der Waals surface area contributed by atoms with Gasteiger partial charge in [-0.2, -0.15) is 18.3 Å². The number of H-pyrrole nitrogens is 1. The Labute approximate surface area is 146 Å². The van der Waals surface area contributed by atoms with Crippen molar-refractivity contribution < 1.29 is 13.2 Å². The van der Waals surface area contributed by atoms with Crippen molar-refractivity contribution >= 4 is 10.9 Å². The zero-order valence-corrected chi connectivity index (χ0v) is 13.7. The molecule has 4 nitrogen and oxygen atoms in total. The molecule has 2 heterocycles. The molecule has 26 heavy (non-hydrogen) atoms. The molecule has 0 radical (unpaired) electrons. The van der Waals surface area contributed by atoms with Crippen LogP contribution in [0.15, 0.2) is 54.6 Å². The van der Waals surface area contributed by atoms with Crippen LogP contribution >= 0.6 is 0 Å². The lowest BCUT2D eigenvalue weighted by atomic mass is 10.1. The Bertz CT molecular complexity index is 1080. The van der Waals surface area contributed by atoms with Gasteiger partial charge in [-0.1, -0.05) is 48.0 Å². The number of alkyl halides is 3. The monoisotopic (exact) mass is 354 g/mol. The molecule has 0 spiro atoms. The average Bonchev–Trinajstić information content (AvgIpc) is 3.12. The van der Waals surface area contributed by atoms with Crippen molar-refractivity contribution in [2.45, 2.75) is 13.1 Å². The third kappa shape index (κ3) is 2.92. The first-order valence-corrected chi connectivity index (χ1v) is 7.88. The molecule has 4 aromatic rings. The fraction of sp³-hybridized carbons (Fsp3) is 0.105. The number of hydrogen-bond acceptors (Lipinski definition) is 3. The number of nitrogens with zero attached hydrogens (tertiary/aromatic N) is 3. The molecule has 130 valence electrons. The predicted molar refractivity (Wildman–Crippen MR) is 92.3 cm³/mol. The number of fused-ring (bicyclic) bond motifs is 1. The van der Waals surface area contributed by atoms with Gasteiger partial charge in [0.1, 0.15) is 17.1 Å². The maximum atomic E-state index is 12.9. The molecule has 2 aromatic heterocycles. The van der Waals surface area contributed by atoms with Crippen LogP contribution < -0.4 is 0 Å². The second-order valence-electron chi connectivity index (χ2n) is 5.94. The normalized spacial score (nSPS) is 11.8. The number of hydrogen-bond donors (Lipinski definition) is 1. The van der Waals surface area contributed by atoms with E-state index in [2.05, 4.69) is 15.1 Å². The van der Waals surface area contributed by atoms with Gasteiger partial charge in [-0.15, -0.1) is 0 Å². The Morgan fingerprint density at radius 3 is 2.35 bits per heavy atom. The van der Waals surface area contributed by atoms with Gasteiger partial charge in [0.05, 0.1) is 5.52 Å². The third-order valence-corrected chi connectivity index (χ3v) is 4.04. The molecular formula is C19H13F3N4. The van der Waals surface area contributed by atoms with Gasteiger partial charge in [-0.25, -0.2) is 9.97 Å². The van der Waals surface area contributed by atoms with E-state index in [4.69, 9.17) is 0 Å². The van der Waals surface area contributed by atoms with E-state index in [9.17, 15) is 13.2 Å². The van der Waals surface area contributed by atoms with E-state index in [1.165, 1.54) is 0 Å². The molecule has 0 saturated carbocycles. The number of aromatic nitrogens is 4. The lowest BCUT2D eigenvalue weighted by molar-refractivity contribution is -0.141. The van der Waals surface area contributed by atoms with Crippen molar-refractivity contribution in [3.63, 3.8) is 0 Å². The first-order chi connectivity index (χ1) is 12.4. The minimum Gasteiger partial charge on any atom is -0.273 e. The van der Waals surface area contributed by atoms with Gasteiger partial charge in [0, 0.05) is 10.9 Å². The second-order valence-corrected chi connectivity index (χ2v) is 5.94. The smallest absolute Gasteiger partial charge is 0.273 e. The van der Waals surface area contributed by atoms with E-state index in [1.54, 1.807) is 18.2 Å². The summed E-state index contributed by atoms with van der Waals surface area (Å²) in [6.07, 6.45) is -4.49. The highest BCUT2D eigenvalue weighted by Crippen LogP contribution is 2.32. The average molecular weight is 354 g/mol. The zero-order chi connectivity index (χ0) is 18.3. The Hall–Kier alpha value is -3.22. The van der Waals surface area contributed by atoms with Crippen LogP contribution in [0.5, 0.6) is 0 Å². The van der Waals surface area contributed by atoms with Gasteiger partial charge >= 0.3 is 6.18 Å². The highest BCUT2D eigenvalue weighted by atomic mass is 19.4. The Kier molecular flexibility index (Phi) is 3.72. The SMILES string of the molecule is Cc1ccc(-c2nc(-c3cc(C(F)(F)F)[nH]n3)c3ccccc3n2)cc1. The quantitative estimate of drug-likeness (QED) is 0.550. The molecule has 0 atom stereocenters. The van der Waals surface area contributed by atoms with Crippen LogP contribution in [0.3, 0.4) is 0 Å². The highest BCUT2D eigenvalue weighted by Gasteiger charge is 2.33. The topological polar surface area (TPSA) is 54.5 Å². The van der Waals surface area contributed by atoms with Crippen LogP contribution in [0.25, 0.3) is 33.7 Å². The van der Waals surface area contributed by atoms with E-state index in [0.29, 0.717) is 22.4 Å². The van der Waals surface area contributed by atoms with Gasteiger partial charge in [0.2, 0.25) is 0 Å². The van der Waals surface area contributed by atoms with Crippen LogP contribution in [-0.2, 0) is 6.18 Å². The molecule has 0 unspecified atom stereocenters. The van der Waals surface area contributed by atoms with Gasteiger partial charge in [-0.3, -0.25) is 5.10 Å². The summed E-state index contributed by atoms with van der Waals surface area (Å²) in [6, 6.07) is 15.8. The number of aryl methyl sites for hydroxylation is 1. The molecule has 0 aliphatic carbocycles. The van der Waals surface area contributed by atoms with E-state index >= 15 is 0 Å². The molecule has 1 N–H and O–H groups in total. The summed E-state index contributed by atoms with van der Waals surface area (Å²) in [5.74, 6) is 0.440. The molecule has 7 heteroatoms. The molecule has 0 aliphatic rings. The van der Waals surface area contributed by atoms with Crippen LogP contribution in [0.1, 0.15) is 11.3 Å². The molecule has 0 saturated heterocycles. The lowest BCUT2D eigenvalue weighted by Crippen LogP contribution is -2.04. The largest absolute Gasteiger partial charge is 0.432 e. The first-order valence-electron chi connectivity index (χ1n) is 7.88. The zero-order valence-electron chi connectivity index (χ0n) is 13.7. The Morgan fingerprint density at radius 2 is 1.65 bits per heavy atom. The second kappa shape index (κ2) is 5.94. The van der Waals surface area contributed by atoms with Gasteiger partial charge in [0.15, 0.2) is 5.82 Å². The standard InChI is InChI=1S/C19H13F3N4/c1-11-6-8-12(9-7-11)18-23-14-5-3-2-4-13(14)17(24-18)15-10-16(26-25-15)19(20,21)22/h2-10H,1H3,(H,25,26). The third-order valence-electron chi connectivity index (χ3n) is 4.04. The fourth-order valence-electron chi connectivity index (χ4n) is 2.69. The predicted octanol–water partition coefficient (Wildman–Crippen LogP) is 5.01. The summed E-state index contributed by atoms with van der Waals surface area (Å²) >= 11 is 0.